The number of methoxy groups -OCH3 is 1. The Morgan fingerprint density at radius 3 is 2.51 bits per heavy atom. The molecule has 222 valence electrons. The quantitative estimate of drug-likeness (QED) is 0.358. The van der Waals surface area contributed by atoms with E-state index in [1.807, 2.05) is 13.8 Å². The van der Waals surface area contributed by atoms with Gasteiger partial charge in [-0.25, -0.2) is 0 Å². The summed E-state index contributed by atoms with van der Waals surface area (Å²) in [4.78, 5) is 51.8. The maximum absolute atomic E-state index is 13.2. The van der Waals surface area contributed by atoms with Crippen molar-refractivity contribution in [2.24, 2.45) is 5.92 Å². The number of benzene rings is 2. The van der Waals surface area contributed by atoms with E-state index >= 15 is 0 Å². The van der Waals surface area contributed by atoms with Gasteiger partial charge < -0.3 is 35.5 Å². The van der Waals surface area contributed by atoms with Crippen LogP contribution in [0, 0.1) is 5.92 Å². The molecule has 0 aliphatic carbocycles. The van der Waals surface area contributed by atoms with Crippen molar-refractivity contribution >= 4 is 23.6 Å². The highest BCUT2D eigenvalue weighted by molar-refractivity contribution is 5.99. The van der Waals surface area contributed by atoms with E-state index in [4.69, 9.17) is 14.2 Å². The van der Waals surface area contributed by atoms with Crippen LogP contribution in [-0.4, -0.2) is 69.1 Å². The van der Waals surface area contributed by atoms with Crippen LogP contribution in [0.2, 0.25) is 0 Å². The monoisotopic (exact) mass is 568 g/mol. The first kappa shape index (κ1) is 31.3. The molecule has 0 fully saturated rings. The molecule has 1 heterocycles. The van der Waals surface area contributed by atoms with E-state index in [9.17, 15) is 19.2 Å². The van der Waals surface area contributed by atoms with E-state index in [-0.39, 0.29) is 42.7 Å². The third-order valence-corrected chi connectivity index (χ3v) is 6.51. The van der Waals surface area contributed by atoms with Crippen LogP contribution in [0.4, 0.5) is 0 Å². The lowest BCUT2D eigenvalue weighted by Gasteiger charge is -2.23. The largest absolute Gasteiger partial charge is 0.497 e. The van der Waals surface area contributed by atoms with Crippen LogP contribution in [0.25, 0.3) is 0 Å². The number of carbonyl (C=O) groups is 4. The van der Waals surface area contributed by atoms with Gasteiger partial charge in [-0.3, -0.25) is 19.2 Å². The molecule has 0 saturated heterocycles. The van der Waals surface area contributed by atoms with Crippen LogP contribution in [0.5, 0.6) is 17.2 Å². The van der Waals surface area contributed by atoms with Crippen LogP contribution in [0.1, 0.15) is 49.9 Å². The van der Waals surface area contributed by atoms with Crippen molar-refractivity contribution in [1.82, 2.24) is 21.3 Å². The molecular weight excluding hydrogens is 528 g/mol. The predicted molar refractivity (Wildman–Crippen MR) is 153 cm³/mol. The smallest absolute Gasteiger partial charge is 0.255 e. The van der Waals surface area contributed by atoms with Gasteiger partial charge in [-0.15, -0.1) is 0 Å². The van der Waals surface area contributed by atoms with Gasteiger partial charge >= 0.3 is 0 Å². The van der Waals surface area contributed by atoms with Gasteiger partial charge in [0.1, 0.15) is 29.3 Å². The minimum atomic E-state index is -0.983. The Morgan fingerprint density at radius 2 is 1.78 bits per heavy atom. The summed E-state index contributed by atoms with van der Waals surface area (Å²) in [5, 5.41) is 11.2. The van der Waals surface area contributed by atoms with E-state index in [2.05, 4.69) is 21.3 Å². The SMILES string of the molecule is COc1ccc(OCCCNC(=O)[C@@H]2CCC(=O)N[C@H](C(C)C)C(=O)NCCCOc3ccccc3C(=O)N2)cc1. The average molecular weight is 569 g/mol. The lowest BCUT2D eigenvalue weighted by Crippen LogP contribution is -2.51. The Hall–Kier alpha value is -4.28. The molecule has 0 unspecified atom stereocenters. The van der Waals surface area contributed by atoms with Gasteiger partial charge in [-0.1, -0.05) is 26.0 Å². The first-order chi connectivity index (χ1) is 19.8. The number of carbonyl (C=O) groups excluding carboxylic acids is 4. The second-order valence-corrected chi connectivity index (χ2v) is 10.0. The minimum absolute atomic E-state index is 0.0429. The van der Waals surface area contributed by atoms with Crippen molar-refractivity contribution in [2.45, 2.75) is 51.6 Å². The summed E-state index contributed by atoms with van der Waals surface area (Å²) in [5.74, 6) is 0.0811. The van der Waals surface area contributed by atoms with Crippen LogP contribution in [0.15, 0.2) is 48.5 Å². The lowest BCUT2D eigenvalue weighted by molar-refractivity contribution is -0.130. The van der Waals surface area contributed by atoms with Gasteiger partial charge in [-0.05, 0) is 61.6 Å². The zero-order chi connectivity index (χ0) is 29.6. The van der Waals surface area contributed by atoms with Crippen LogP contribution in [-0.2, 0) is 14.4 Å². The molecule has 2 atom stereocenters. The Kier molecular flexibility index (Phi) is 12.3. The highest BCUT2D eigenvalue weighted by Crippen LogP contribution is 2.19. The topological polar surface area (TPSA) is 144 Å². The molecule has 4 amide bonds. The van der Waals surface area contributed by atoms with Gasteiger partial charge in [0.15, 0.2) is 0 Å². The molecule has 0 spiro atoms. The Morgan fingerprint density at radius 1 is 1.05 bits per heavy atom. The predicted octanol–water partition coefficient (Wildman–Crippen LogP) is 2.20. The van der Waals surface area contributed by atoms with Gasteiger partial charge in [0.25, 0.3) is 5.91 Å². The standard InChI is InChI=1S/C30H40N4O7/c1-20(2)27-30(38)32-17-7-19-41-25-9-5-4-8-23(25)28(36)33-24(14-15-26(35)34-27)29(37)31-16-6-18-40-22-12-10-21(39-3)11-13-22/h4-5,8-13,20,24,27H,6-7,14-19H2,1-3H3,(H,31,37)(H,32,38)(H,33,36)(H,34,35)/t24-,27+/m0/s1. The second-order valence-electron chi connectivity index (χ2n) is 10.0. The Labute approximate surface area is 240 Å². The molecule has 11 heteroatoms. The minimum Gasteiger partial charge on any atom is -0.497 e. The number of rotatable bonds is 8. The molecule has 41 heavy (non-hydrogen) atoms. The number of hydrogen-bond donors (Lipinski definition) is 4. The summed E-state index contributed by atoms with van der Waals surface area (Å²) in [6.07, 6.45) is 1.02. The van der Waals surface area contributed by atoms with Crippen LogP contribution >= 0.6 is 0 Å². The molecule has 1 aliphatic heterocycles. The normalized spacial score (nSPS) is 18.7. The molecule has 3 rings (SSSR count). The summed E-state index contributed by atoms with van der Waals surface area (Å²) < 4.78 is 16.7. The fraction of sp³-hybridized carbons (Fsp3) is 0.467. The van der Waals surface area contributed by atoms with Gasteiger partial charge in [0.05, 0.1) is 25.9 Å². The molecule has 0 aromatic heterocycles. The number of hydrogen-bond acceptors (Lipinski definition) is 7. The Balaban J connectivity index is 1.65. The molecule has 2 aromatic rings. The maximum Gasteiger partial charge on any atom is 0.255 e. The molecule has 0 saturated carbocycles. The van der Waals surface area contributed by atoms with Crippen LogP contribution < -0.4 is 35.5 Å². The van der Waals surface area contributed by atoms with Crippen molar-refractivity contribution in [1.29, 1.82) is 0 Å². The highest BCUT2D eigenvalue weighted by atomic mass is 16.5. The molecule has 2 aromatic carbocycles. The number of nitrogens with one attached hydrogen (secondary N) is 4. The van der Waals surface area contributed by atoms with Crippen LogP contribution in [0.3, 0.4) is 0 Å². The first-order valence-electron chi connectivity index (χ1n) is 13.9. The highest BCUT2D eigenvalue weighted by Gasteiger charge is 2.27. The summed E-state index contributed by atoms with van der Waals surface area (Å²) in [5.41, 5.74) is 0.277. The molecule has 0 bridgehead atoms. The molecular formula is C30H40N4O7. The number of amides is 4. The van der Waals surface area contributed by atoms with Crippen molar-refractivity contribution < 1.29 is 33.4 Å². The molecule has 11 nitrogen and oxygen atoms in total. The van der Waals surface area contributed by atoms with Crippen molar-refractivity contribution in [3.63, 3.8) is 0 Å². The Bertz CT molecular complexity index is 1170. The molecule has 1 aliphatic rings. The van der Waals surface area contributed by atoms with Gasteiger partial charge in [0, 0.05) is 19.5 Å². The first-order valence-corrected chi connectivity index (χ1v) is 13.9. The summed E-state index contributed by atoms with van der Waals surface area (Å²) >= 11 is 0. The number of ether oxygens (including phenoxy) is 3. The van der Waals surface area contributed by atoms with E-state index in [0.29, 0.717) is 44.0 Å². The number of para-hydroxylation sites is 1. The van der Waals surface area contributed by atoms with Crippen molar-refractivity contribution in [2.75, 3.05) is 33.4 Å². The molecule has 0 radical (unpaired) electrons. The third-order valence-electron chi connectivity index (χ3n) is 6.51. The number of fused-ring (bicyclic) bond motifs is 1. The van der Waals surface area contributed by atoms with E-state index in [1.54, 1.807) is 55.6 Å². The lowest BCUT2D eigenvalue weighted by atomic mass is 10.0. The zero-order valence-corrected chi connectivity index (χ0v) is 23.9. The summed E-state index contributed by atoms with van der Waals surface area (Å²) in [7, 11) is 1.59. The second kappa shape index (κ2) is 16.1. The van der Waals surface area contributed by atoms with E-state index < -0.39 is 23.9 Å². The maximum atomic E-state index is 13.2. The van der Waals surface area contributed by atoms with E-state index in [1.165, 1.54) is 0 Å². The van der Waals surface area contributed by atoms with E-state index in [0.717, 1.165) is 5.75 Å². The summed E-state index contributed by atoms with van der Waals surface area (Å²) in [6, 6.07) is 12.2. The molecule has 4 N–H and O–H groups in total. The van der Waals surface area contributed by atoms with Crippen molar-refractivity contribution in [3.05, 3.63) is 54.1 Å². The zero-order valence-electron chi connectivity index (χ0n) is 23.9. The van der Waals surface area contributed by atoms with Gasteiger partial charge in [-0.2, -0.15) is 0 Å². The third kappa shape index (κ3) is 10.0. The fourth-order valence-electron chi connectivity index (χ4n) is 4.19. The summed E-state index contributed by atoms with van der Waals surface area (Å²) in [6.45, 7) is 5.00. The van der Waals surface area contributed by atoms with Gasteiger partial charge in [0.2, 0.25) is 17.7 Å². The fourth-order valence-corrected chi connectivity index (χ4v) is 4.19. The van der Waals surface area contributed by atoms with Crippen molar-refractivity contribution in [3.8, 4) is 17.2 Å². The average Bonchev–Trinajstić information content (AvgIpc) is 2.97.